The standard InChI is InChI=1S/C16H22N2O3/c1-5-7-15(21-16(20)11(2)3)18(12(4)19)14-9-6-8-13(17)10-14/h6,8-10,15H,2,5,7,17H2,1,3-4H3. The molecule has 0 saturated carbocycles. The summed E-state index contributed by atoms with van der Waals surface area (Å²) < 4.78 is 5.40. The molecule has 2 N–H and O–H groups in total. The predicted molar refractivity (Wildman–Crippen MR) is 83.6 cm³/mol. The number of ether oxygens (including phenoxy) is 1. The van der Waals surface area contributed by atoms with Crippen LogP contribution in [0.3, 0.4) is 0 Å². The lowest BCUT2D eigenvalue weighted by Crippen LogP contribution is -2.42. The smallest absolute Gasteiger partial charge is 0.335 e. The van der Waals surface area contributed by atoms with Crippen molar-refractivity contribution in [2.24, 2.45) is 0 Å². The Hall–Kier alpha value is -2.30. The first-order valence-electron chi connectivity index (χ1n) is 6.88. The third-order valence-electron chi connectivity index (χ3n) is 2.90. The Labute approximate surface area is 125 Å². The zero-order valence-corrected chi connectivity index (χ0v) is 12.8. The monoisotopic (exact) mass is 290 g/mol. The highest BCUT2D eigenvalue weighted by molar-refractivity contribution is 5.93. The van der Waals surface area contributed by atoms with Gasteiger partial charge in [-0.15, -0.1) is 0 Å². The molecular weight excluding hydrogens is 268 g/mol. The normalized spacial score (nSPS) is 11.6. The molecule has 1 rings (SSSR count). The number of amides is 1. The number of hydrogen-bond acceptors (Lipinski definition) is 4. The number of hydrogen-bond donors (Lipinski definition) is 1. The lowest BCUT2D eigenvalue weighted by Gasteiger charge is -2.30. The molecule has 114 valence electrons. The second-order valence-corrected chi connectivity index (χ2v) is 4.91. The molecule has 1 aromatic rings. The average Bonchev–Trinajstić information content (AvgIpc) is 2.38. The fourth-order valence-electron chi connectivity index (χ4n) is 1.94. The molecule has 0 aliphatic heterocycles. The first-order valence-corrected chi connectivity index (χ1v) is 6.88. The minimum Gasteiger partial charge on any atom is -0.438 e. The van der Waals surface area contributed by atoms with Gasteiger partial charge in [0, 0.05) is 30.3 Å². The predicted octanol–water partition coefficient (Wildman–Crippen LogP) is 2.87. The summed E-state index contributed by atoms with van der Waals surface area (Å²) in [6.07, 6.45) is 0.631. The molecule has 0 spiro atoms. The highest BCUT2D eigenvalue weighted by Gasteiger charge is 2.26. The van der Waals surface area contributed by atoms with E-state index in [1.165, 1.54) is 11.8 Å². The van der Waals surface area contributed by atoms with E-state index in [2.05, 4.69) is 6.58 Å². The van der Waals surface area contributed by atoms with E-state index in [-0.39, 0.29) is 5.91 Å². The number of rotatable bonds is 6. The van der Waals surface area contributed by atoms with Crippen LogP contribution in [0.25, 0.3) is 0 Å². The number of carbonyl (C=O) groups excluding carboxylic acids is 2. The summed E-state index contributed by atoms with van der Waals surface area (Å²) in [4.78, 5) is 25.2. The van der Waals surface area contributed by atoms with Gasteiger partial charge in [0.2, 0.25) is 5.91 Å². The van der Waals surface area contributed by atoms with E-state index in [4.69, 9.17) is 10.5 Å². The van der Waals surface area contributed by atoms with Crippen LogP contribution in [0.5, 0.6) is 0 Å². The number of anilines is 2. The van der Waals surface area contributed by atoms with Crippen molar-refractivity contribution in [1.82, 2.24) is 0 Å². The Bertz CT molecular complexity index is 540. The van der Waals surface area contributed by atoms with E-state index >= 15 is 0 Å². The Kier molecular flexibility index (Phi) is 5.96. The van der Waals surface area contributed by atoms with Crippen molar-refractivity contribution in [3.63, 3.8) is 0 Å². The van der Waals surface area contributed by atoms with Crippen molar-refractivity contribution in [2.75, 3.05) is 10.6 Å². The summed E-state index contributed by atoms with van der Waals surface area (Å²) in [7, 11) is 0. The van der Waals surface area contributed by atoms with Crippen molar-refractivity contribution in [3.05, 3.63) is 36.4 Å². The number of nitrogens with two attached hydrogens (primary N) is 1. The summed E-state index contributed by atoms with van der Waals surface area (Å²) >= 11 is 0. The molecule has 5 heteroatoms. The molecule has 0 saturated heterocycles. The Morgan fingerprint density at radius 2 is 2.05 bits per heavy atom. The van der Waals surface area contributed by atoms with E-state index in [1.54, 1.807) is 31.2 Å². The van der Waals surface area contributed by atoms with Gasteiger partial charge in [0.15, 0.2) is 6.23 Å². The Morgan fingerprint density at radius 1 is 1.38 bits per heavy atom. The summed E-state index contributed by atoms with van der Waals surface area (Å²) in [5, 5.41) is 0. The number of carbonyl (C=O) groups is 2. The minimum absolute atomic E-state index is 0.214. The van der Waals surface area contributed by atoms with Gasteiger partial charge in [-0.2, -0.15) is 0 Å². The molecule has 0 fully saturated rings. The van der Waals surface area contributed by atoms with Crippen LogP contribution in [0.4, 0.5) is 11.4 Å². The molecule has 0 heterocycles. The molecular formula is C16H22N2O3. The second-order valence-electron chi connectivity index (χ2n) is 4.91. The second kappa shape index (κ2) is 7.47. The van der Waals surface area contributed by atoms with Gasteiger partial charge in [0.05, 0.1) is 0 Å². The third-order valence-corrected chi connectivity index (χ3v) is 2.90. The van der Waals surface area contributed by atoms with Gasteiger partial charge in [-0.1, -0.05) is 26.0 Å². The van der Waals surface area contributed by atoms with Crippen LogP contribution < -0.4 is 10.6 Å². The zero-order valence-electron chi connectivity index (χ0n) is 12.8. The van der Waals surface area contributed by atoms with Crippen LogP contribution in [0.1, 0.15) is 33.6 Å². The van der Waals surface area contributed by atoms with E-state index in [0.717, 1.165) is 6.42 Å². The van der Waals surface area contributed by atoms with Gasteiger partial charge in [-0.05, 0) is 25.1 Å². The fraction of sp³-hybridized carbons (Fsp3) is 0.375. The maximum atomic E-state index is 12.0. The third kappa shape index (κ3) is 4.63. The van der Waals surface area contributed by atoms with Gasteiger partial charge < -0.3 is 10.5 Å². The van der Waals surface area contributed by atoms with Gasteiger partial charge >= 0.3 is 5.97 Å². The quantitative estimate of drug-likeness (QED) is 0.378. The van der Waals surface area contributed by atoms with Crippen molar-refractivity contribution in [2.45, 2.75) is 39.8 Å². The lowest BCUT2D eigenvalue weighted by molar-refractivity contribution is -0.145. The first-order chi connectivity index (χ1) is 9.86. The molecule has 1 unspecified atom stereocenters. The van der Waals surface area contributed by atoms with Crippen LogP contribution in [-0.4, -0.2) is 18.1 Å². The molecule has 1 atom stereocenters. The summed E-state index contributed by atoms with van der Waals surface area (Å²) in [5.41, 5.74) is 7.21. The van der Waals surface area contributed by atoms with Gasteiger partial charge in [-0.3, -0.25) is 9.69 Å². The Morgan fingerprint density at radius 3 is 2.52 bits per heavy atom. The molecule has 0 aromatic heterocycles. The van der Waals surface area contributed by atoms with Crippen molar-refractivity contribution in [1.29, 1.82) is 0 Å². The van der Waals surface area contributed by atoms with Crippen molar-refractivity contribution in [3.8, 4) is 0 Å². The maximum absolute atomic E-state index is 12.0. The van der Waals surface area contributed by atoms with E-state index in [1.807, 2.05) is 6.92 Å². The molecule has 1 aromatic carbocycles. The van der Waals surface area contributed by atoms with E-state index < -0.39 is 12.2 Å². The zero-order chi connectivity index (χ0) is 16.0. The lowest BCUT2D eigenvalue weighted by atomic mass is 10.2. The molecule has 5 nitrogen and oxygen atoms in total. The highest BCUT2D eigenvalue weighted by atomic mass is 16.6. The number of nitrogen functional groups attached to an aromatic ring is 1. The first kappa shape index (κ1) is 16.8. The maximum Gasteiger partial charge on any atom is 0.335 e. The molecule has 1 amide bonds. The Balaban J connectivity index is 3.11. The van der Waals surface area contributed by atoms with Crippen LogP contribution in [0.15, 0.2) is 36.4 Å². The summed E-state index contributed by atoms with van der Waals surface area (Å²) in [5.74, 6) is -0.725. The fourth-order valence-corrected chi connectivity index (χ4v) is 1.94. The molecule has 0 aliphatic rings. The van der Waals surface area contributed by atoms with Gasteiger partial charge in [0.25, 0.3) is 0 Å². The summed E-state index contributed by atoms with van der Waals surface area (Å²) in [6, 6.07) is 6.93. The molecule has 0 bridgehead atoms. The van der Waals surface area contributed by atoms with E-state index in [0.29, 0.717) is 23.4 Å². The molecule has 21 heavy (non-hydrogen) atoms. The van der Waals surface area contributed by atoms with Crippen molar-refractivity contribution >= 4 is 23.3 Å². The highest BCUT2D eigenvalue weighted by Crippen LogP contribution is 2.23. The topological polar surface area (TPSA) is 72.6 Å². The van der Waals surface area contributed by atoms with Crippen molar-refractivity contribution < 1.29 is 14.3 Å². The number of benzene rings is 1. The SMILES string of the molecule is C=C(C)C(=O)OC(CCC)N(C(C)=O)c1cccc(N)c1. The molecule has 0 aliphatic carbocycles. The molecule has 0 radical (unpaired) electrons. The van der Waals surface area contributed by atoms with Crippen LogP contribution >= 0.6 is 0 Å². The largest absolute Gasteiger partial charge is 0.438 e. The number of nitrogens with zero attached hydrogens (tertiary/aromatic N) is 1. The average molecular weight is 290 g/mol. The summed E-state index contributed by atoms with van der Waals surface area (Å²) in [6.45, 7) is 8.52. The van der Waals surface area contributed by atoms with Crippen LogP contribution in [-0.2, 0) is 14.3 Å². The van der Waals surface area contributed by atoms with Crippen LogP contribution in [0, 0.1) is 0 Å². The van der Waals surface area contributed by atoms with E-state index in [9.17, 15) is 9.59 Å². The van der Waals surface area contributed by atoms with Crippen LogP contribution in [0.2, 0.25) is 0 Å². The number of esters is 1. The van der Waals surface area contributed by atoms with Gasteiger partial charge in [0.1, 0.15) is 0 Å². The minimum atomic E-state index is -0.668. The van der Waals surface area contributed by atoms with Gasteiger partial charge in [-0.25, -0.2) is 4.79 Å².